The Bertz CT molecular complexity index is 1090. The van der Waals surface area contributed by atoms with E-state index in [1.165, 1.54) is 24.5 Å². The smallest absolute Gasteiger partial charge is 0.229 e. The van der Waals surface area contributed by atoms with Crippen LogP contribution < -0.4 is 10.6 Å². The summed E-state index contributed by atoms with van der Waals surface area (Å²) in [6.45, 7) is 3.22. The largest absolute Gasteiger partial charge is 0.393 e. The van der Waals surface area contributed by atoms with E-state index in [1.54, 1.807) is 24.4 Å². The lowest BCUT2D eigenvalue weighted by Crippen LogP contribution is -2.29. The molecule has 5 rings (SSSR count). The van der Waals surface area contributed by atoms with E-state index in [0.29, 0.717) is 17.5 Å². The third-order valence-corrected chi connectivity index (χ3v) is 6.65. The van der Waals surface area contributed by atoms with Crippen molar-refractivity contribution in [3.63, 3.8) is 0 Å². The van der Waals surface area contributed by atoms with Crippen molar-refractivity contribution in [3.8, 4) is 11.3 Å². The number of nitrogens with one attached hydrogen (secondary N) is 2. The second kappa shape index (κ2) is 10.4. The van der Waals surface area contributed by atoms with E-state index >= 15 is 0 Å². The number of hydrogen-bond acceptors (Lipinski definition) is 7. The van der Waals surface area contributed by atoms with Gasteiger partial charge in [0.25, 0.3) is 0 Å². The molecule has 34 heavy (non-hydrogen) atoms. The van der Waals surface area contributed by atoms with Crippen molar-refractivity contribution in [3.05, 3.63) is 60.2 Å². The van der Waals surface area contributed by atoms with Crippen molar-refractivity contribution < 1.29 is 9.50 Å². The summed E-state index contributed by atoms with van der Waals surface area (Å²) in [5.41, 5.74) is 3.12. The lowest BCUT2D eigenvalue weighted by molar-refractivity contribution is 0.126. The van der Waals surface area contributed by atoms with E-state index in [0.717, 1.165) is 56.6 Å². The molecule has 1 aliphatic heterocycles. The molecule has 3 aromatic rings. The Kier molecular flexibility index (Phi) is 6.97. The van der Waals surface area contributed by atoms with Crippen molar-refractivity contribution in [2.75, 3.05) is 23.7 Å². The zero-order valence-corrected chi connectivity index (χ0v) is 19.3. The van der Waals surface area contributed by atoms with E-state index in [1.807, 2.05) is 12.3 Å². The van der Waals surface area contributed by atoms with E-state index in [4.69, 9.17) is 9.97 Å². The lowest BCUT2D eigenvalue weighted by Gasteiger charge is -2.27. The number of benzene rings is 1. The number of nitrogens with zero attached hydrogens (tertiary/aromatic N) is 4. The highest BCUT2D eigenvalue weighted by atomic mass is 19.1. The average molecular weight is 463 g/mol. The van der Waals surface area contributed by atoms with Gasteiger partial charge >= 0.3 is 0 Å². The topological polar surface area (TPSA) is 86.2 Å². The monoisotopic (exact) mass is 462 g/mol. The van der Waals surface area contributed by atoms with Crippen molar-refractivity contribution in [1.29, 1.82) is 0 Å². The summed E-state index contributed by atoms with van der Waals surface area (Å²) >= 11 is 0. The molecule has 1 saturated heterocycles. The van der Waals surface area contributed by atoms with Gasteiger partial charge in [0.05, 0.1) is 23.0 Å². The van der Waals surface area contributed by atoms with Gasteiger partial charge in [-0.25, -0.2) is 9.37 Å². The Morgan fingerprint density at radius 2 is 1.76 bits per heavy atom. The SMILES string of the molecule is O[C@H]1CC[C@H](Nc2nc(Nc3ccccc3F)ncc2-c2ccc(CN3CCCC3)cn2)CC1. The number of aliphatic hydroxyl groups is 1. The Labute approximate surface area is 199 Å². The van der Waals surface area contributed by atoms with Crippen LogP contribution in [0.25, 0.3) is 11.3 Å². The number of hydrogen-bond donors (Lipinski definition) is 3. The van der Waals surface area contributed by atoms with Crippen LogP contribution in [-0.2, 0) is 6.54 Å². The molecule has 1 aromatic carbocycles. The number of pyridine rings is 1. The highest BCUT2D eigenvalue weighted by Crippen LogP contribution is 2.30. The van der Waals surface area contributed by atoms with Gasteiger partial charge in [-0.2, -0.15) is 4.98 Å². The summed E-state index contributed by atoms with van der Waals surface area (Å²) in [6.07, 6.45) is 9.23. The predicted molar refractivity (Wildman–Crippen MR) is 131 cm³/mol. The van der Waals surface area contributed by atoms with Gasteiger partial charge in [-0.05, 0) is 75.4 Å². The maximum Gasteiger partial charge on any atom is 0.229 e. The number of halogens is 1. The molecule has 0 spiro atoms. The molecule has 0 amide bonds. The highest BCUT2D eigenvalue weighted by molar-refractivity contribution is 5.73. The number of anilines is 3. The highest BCUT2D eigenvalue weighted by Gasteiger charge is 2.22. The minimum atomic E-state index is -0.360. The molecule has 1 aliphatic carbocycles. The van der Waals surface area contributed by atoms with E-state index in [-0.39, 0.29) is 18.0 Å². The molecule has 178 valence electrons. The molecule has 8 heteroatoms. The van der Waals surface area contributed by atoms with Crippen LogP contribution in [0.5, 0.6) is 0 Å². The number of aliphatic hydroxyl groups excluding tert-OH is 1. The summed E-state index contributed by atoms with van der Waals surface area (Å²) in [5.74, 6) is 0.620. The van der Waals surface area contributed by atoms with Gasteiger partial charge in [-0.3, -0.25) is 9.88 Å². The molecular formula is C26H31FN6O. The Morgan fingerprint density at radius 3 is 2.50 bits per heavy atom. The average Bonchev–Trinajstić information content (AvgIpc) is 3.36. The molecule has 7 nitrogen and oxygen atoms in total. The lowest BCUT2D eigenvalue weighted by atomic mass is 9.93. The van der Waals surface area contributed by atoms with Gasteiger partial charge in [-0.1, -0.05) is 18.2 Å². The van der Waals surface area contributed by atoms with Gasteiger partial charge in [-0.15, -0.1) is 0 Å². The second-order valence-electron chi connectivity index (χ2n) is 9.25. The number of aromatic nitrogens is 3. The molecule has 0 atom stereocenters. The summed E-state index contributed by atoms with van der Waals surface area (Å²) < 4.78 is 14.1. The molecule has 2 aliphatic rings. The fourth-order valence-corrected chi connectivity index (χ4v) is 4.71. The van der Waals surface area contributed by atoms with Gasteiger partial charge in [0.2, 0.25) is 5.95 Å². The third kappa shape index (κ3) is 5.51. The van der Waals surface area contributed by atoms with Crippen molar-refractivity contribution in [1.82, 2.24) is 19.9 Å². The molecule has 0 unspecified atom stereocenters. The Hall–Kier alpha value is -3.10. The van der Waals surface area contributed by atoms with Crippen LogP contribution >= 0.6 is 0 Å². The zero-order valence-electron chi connectivity index (χ0n) is 19.3. The molecule has 2 aromatic heterocycles. The Balaban J connectivity index is 1.39. The summed E-state index contributed by atoms with van der Waals surface area (Å²) in [7, 11) is 0. The quantitative estimate of drug-likeness (QED) is 0.468. The zero-order chi connectivity index (χ0) is 23.3. The van der Waals surface area contributed by atoms with Crippen molar-refractivity contribution in [2.24, 2.45) is 0 Å². The van der Waals surface area contributed by atoms with Crippen LogP contribution in [0, 0.1) is 5.82 Å². The predicted octanol–water partition coefficient (Wildman–Crippen LogP) is 4.73. The first-order valence-electron chi connectivity index (χ1n) is 12.1. The van der Waals surface area contributed by atoms with E-state index < -0.39 is 0 Å². The summed E-state index contributed by atoms with van der Waals surface area (Å²) in [5, 5.41) is 16.4. The first-order chi connectivity index (χ1) is 16.6. The third-order valence-electron chi connectivity index (χ3n) is 6.65. The van der Waals surface area contributed by atoms with E-state index in [9.17, 15) is 9.50 Å². The van der Waals surface area contributed by atoms with Crippen LogP contribution in [0.4, 0.5) is 21.8 Å². The standard InChI is InChI=1S/C26H31FN6O/c27-22-5-1-2-6-24(22)31-26-29-16-21(25(32-26)30-19-8-10-20(34)11-9-19)23-12-7-18(15-28-23)17-33-13-3-4-14-33/h1-2,5-7,12,15-16,19-20,34H,3-4,8-11,13-14,17H2,(H2,29,30,31,32)/t19-,20-. The van der Waals surface area contributed by atoms with Gasteiger partial charge in [0, 0.05) is 25.0 Å². The van der Waals surface area contributed by atoms with Crippen molar-refractivity contribution >= 4 is 17.5 Å². The molecule has 1 saturated carbocycles. The molecule has 3 N–H and O–H groups in total. The Morgan fingerprint density at radius 1 is 0.971 bits per heavy atom. The van der Waals surface area contributed by atoms with Crippen LogP contribution in [-0.4, -0.2) is 50.2 Å². The second-order valence-corrected chi connectivity index (χ2v) is 9.25. The van der Waals surface area contributed by atoms with Crippen LogP contribution in [0.1, 0.15) is 44.1 Å². The van der Waals surface area contributed by atoms with Gasteiger partial charge in [0.15, 0.2) is 0 Å². The minimum Gasteiger partial charge on any atom is -0.393 e. The van der Waals surface area contributed by atoms with Gasteiger partial charge in [0.1, 0.15) is 11.6 Å². The molecule has 0 radical (unpaired) electrons. The molecular weight excluding hydrogens is 431 g/mol. The van der Waals surface area contributed by atoms with Crippen LogP contribution in [0.2, 0.25) is 0 Å². The summed E-state index contributed by atoms with van der Waals surface area (Å²) in [4.78, 5) is 16.3. The first kappa shape index (κ1) is 22.7. The molecule has 2 fully saturated rings. The fourth-order valence-electron chi connectivity index (χ4n) is 4.71. The first-order valence-corrected chi connectivity index (χ1v) is 12.1. The molecule has 3 heterocycles. The van der Waals surface area contributed by atoms with Crippen LogP contribution in [0.3, 0.4) is 0 Å². The van der Waals surface area contributed by atoms with Crippen LogP contribution in [0.15, 0.2) is 48.8 Å². The van der Waals surface area contributed by atoms with Gasteiger partial charge < -0.3 is 15.7 Å². The minimum absolute atomic E-state index is 0.202. The summed E-state index contributed by atoms with van der Waals surface area (Å²) in [6, 6.07) is 10.8. The van der Waals surface area contributed by atoms with Crippen molar-refractivity contribution in [2.45, 2.75) is 57.2 Å². The maximum atomic E-state index is 14.1. The van der Waals surface area contributed by atoms with E-state index in [2.05, 4.69) is 26.6 Å². The molecule has 0 bridgehead atoms. The maximum absolute atomic E-state index is 14.1. The normalized spacial score (nSPS) is 20.9. The fraction of sp³-hybridized carbons (Fsp3) is 0.423. The number of para-hydroxylation sites is 1. The number of rotatable bonds is 7. The number of likely N-dealkylation sites (tertiary alicyclic amines) is 1.